The van der Waals surface area contributed by atoms with Crippen LogP contribution in [-0.2, 0) is 6.54 Å². The molecule has 1 aliphatic heterocycles. The molecule has 6 heteroatoms. The van der Waals surface area contributed by atoms with E-state index in [4.69, 9.17) is 17.0 Å². The van der Waals surface area contributed by atoms with Gasteiger partial charge in [-0.3, -0.25) is 4.98 Å². The molecule has 2 aromatic carbocycles. The van der Waals surface area contributed by atoms with Crippen LogP contribution in [0.15, 0.2) is 91.3 Å². The smallest absolute Gasteiger partial charge is 0.170 e. The molecule has 2 atom stereocenters. The molecular formula is C27H26N4OS. The number of hydrogen-bond acceptors (Lipinski definition) is 3. The molecule has 166 valence electrons. The Balaban J connectivity index is 1.57. The van der Waals surface area contributed by atoms with Crippen LogP contribution in [0.1, 0.15) is 34.6 Å². The van der Waals surface area contributed by atoms with E-state index in [1.165, 1.54) is 11.1 Å². The van der Waals surface area contributed by atoms with Crippen LogP contribution in [0, 0.1) is 6.92 Å². The summed E-state index contributed by atoms with van der Waals surface area (Å²) < 4.78 is 7.57. The first-order valence-electron chi connectivity index (χ1n) is 11.0. The van der Waals surface area contributed by atoms with Crippen molar-refractivity contribution in [2.75, 3.05) is 7.11 Å². The van der Waals surface area contributed by atoms with Gasteiger partial charge in [0, 0.05) is 30.3 Å². The summed E-state index contributed by atoms with van der Waals surface area (Å²) in [6.45, 7) is 2.79. The minimum Gasteiger partial charge on any atom is -0.497 e. The molecular weight excluding hydrogens is 428 g/mol. The van der Waals surface area contributed by atoms with E-state index in [0.717, 1.165) is 27.9 Å². The van der Waals surface area contributed by atoms with Crippen molar-refractivity contribution in [3.05, 3.63) is 114 Å². The van der Waals surface area contributed by atoms with Crippen molar-refractivity contribution in [3.63, 3.8) is 0 Å². The molecule has 2 aromatic heterocycles. The van der Waals surface area contributed by atoms with Gasteiger partial charge in [-0.05, 0) is 73.2 Å². The van der Waals surface area contributed by atoms with Crippen LogP contribution in [0.4, 0.5) is 0 Å². The van der Waals surface area contributed by atoms with Gasteiger partial charge in [-0.2, -0.15) is 0 Å². The monoisotopic (exact) mass is 454 g/mol. The third-order valence-corrected chi connectivity index (χ3v) is 6.46. The van der Waals surface area contributed by atoms with Crippen molar-refractivity contribution in [1.82, 2.24) is 19.8 Å². The highest BCUT2D eigenvalue weighted by molar-refractivity contribution is 7.80. The van der Waals surface area contributed by atoms with Gasteiger partial charge < -0.3 is 19.5 Å². The molecule has 5 rings (SSSR count). The van der Waals surface area contributed by atoms with E-state index in [1.807, 2.05) is 30.5 Å². The number of hydrogen-bond donors (Lipinski definition) is 1. The maximum absolute atomic E-state index is 5.85. The minimum absolute atomic E-state index is 0.0224. The van der Waals surface area contributed by atoms with Gasteiger partial charge in [-0.15, -0.1) is 0 Å². The Kier molecular flexibility index (Phi) is 5.84. The molecule has 0 unspecified atom stereocenters. The van der Waals surface area contributed by atoms with E-state index in [9.17, 15) is 0 Å². The van der Waals surface area contributed by atoms with Gasteiger partial charge in [0.2, 0.25) is 0 Å². The fraction of sp³-hybridized carbons (Fsp3) is 0.185. The molecule has 1 N–H and O–H groups in total. The van der Waals surface area contributed by atoms with Gasteiger partial charge in [-0.25, -0.2) is 0 Å². The zero-order chi connectivity index (χ0) is 22.8. The molecule has 1 fully saturated rings. The Hall–Kier alpha value is -3.64. The highest BCUT2D eigenvalue weighted by Crippen LogP contribution is 2.40. The molecule has 1 saturated heterocycles. The predicted molar refractivity (Wildman–Crippen MR) is 134 cm³/mol. The first-order valence-corrected chi connectivity index (χ1v) is 11.4. The highest BCUT2D eigenvalue weighted by atomic mass is 32.1. The second kappa shape index (κ2) is 9.08. The largest absolute Gasteiger partial charge is 0.497 e. The zero-order valence-electron chi connectivity index (χ0n) is 18.7. The lowest BCUT2D eigenvalue weighted by atomic mass is 10.0. The van der Waals surface area contributed by atoms with Crippen molar-refractivity contribution in [1.29, 1.82) is 0 Å². The van der Waals surface area contributed by atoms with E-state index in [-0.39, 0.29) is 12.1 Å². The molecule has 0 bridgehead atoms. The average molecular weight is 455 g/mol. The lowest BCUT2D eigenvalue weighted by Crippen LogP contribution is -2.30. The van der Waals surface area contributed by atoms with Gasteiger partial charge in [0.15, 0.2) is 5.11 Å². The number of aromatic nitrogens is 2. The molecule has 0 aliphatic carbocycles. The molecule has 5 nitrogen and oxygen atoms in total. The Bertz CT molecular complexity index is 1240. The second-order valence-electron chi connectivity index (χ2n) is 8.24. The van der Waals surface area contributed by atoms with Gasteiger partial charge in [-0.1, -0.05) is 35.9 Å². The zero-order valence-corrected chi connectivity index (χ0v) is 19.5. The fourth-order valence-corrected chi connectivity index (χ4v) is 4.71. The SMILES string of the molecule is COc1ccc(CN2C(=S)N[C@@H](c3ccccn3)[C@@H]2c2cccn2-c2ccc(C)cc2)cc1. The number of rotatable bonds is 6. The van der Waals surface area contributed by atoms with Gasteiger partial charge in [0.1, 0.15) is 5.75 Å². The van der Waals surface area contributed by atoms with E-state index in [1.54, 1.807) is 7.11 Å². The van der Waals surface area contributed by atoms with E-state index >= 15 is 0 Å². The first kappa shape index (κ1) is 21.2. The third-order valence-electron chi connectivity index (χ3n) is 6.11. The topological polar surface area (TPSA) is 42.3 Å². The number of benzene rings is 2. The number of thiocarbonyl (C=S) groups is 1. The van der Waals surface area contributed by atoms with Crippen LogP contribution >= 0.6 is 12.2 Å². The van der Waals surface area contributed by atoms with Crippen LogP contribution in [0.3, 0.4) is 0 Å². The Morgan fingerprint density at radius 2 is 1.76 bits per heavy atom. The molecule has 0 radical (unpaired) electrons. The summed E-state index contributed by atoms with van der Waals surface area (Å²) in [6.07, 6.45) is 3.95. The van der Waals surface area contributed by atoms with Gasteiger partial charge in [0.25, 0.3) is 0 Å². The second-order valence-corrected chi connectivity index (χ2v) is 8.63. The van der Waals surface area contributed by atoms with E-state index in [0.29, 0.717) is 6.54 Å². The van der Waals surface area contributed by atoms with Crippen molar-refractivity contribution in [3.8, 4) is 11.4 Å². The fourth-order valence-electron chi connectivity index (χ4n) is 4.40. The van der Waals surface area contributed by atoms with Crippen molar-refractivity contribution in [2.24, 2.45) is 0 Å². The number of nitrogens with one attached hydrogen (secondary N) is 1. The first-order chi connectivity index (χ1) is 16.1. The Labute approximate surface area is 199 Å². The molecule has 0 spiro atoms. The lowest BCUT2D eigenvalue weighted by molar-refractivity contribution is 0.302. The summed E-state index contributed by atoms with van der Waals surface area (Å²) in [6, 6.07) is 27.0. The van der Waals surface area contributed by atoms with Crippen molar-refractivity contribution < 1.29 is 4.74 Å². The number of methoxy groups -OCH3 is 1. The normalized spacial score (nSPS) is 17.8. The maximum atomic E-state index is 5.85. The number of pyridine rings is 1. The standard InChI is InChI=1S/C27H26N4OS/c1-19-8-12-21(13-9-19)30-17-5-7-24(30)26-25(23-6-3-4-16-28-23)29-27(33)31(26)18-20-10-14-22(32-2)15-11-20/h3-17,25-26H,18H2,1-2H3,(H,29,33)/t25-,26-/m0/s1. The molecule has 4 aromatic rings. The summed E-state index contributed by atoms with van der Waals surface area (Å²) in [5.74, 6) is 0.844. The molecule has 3 heterocycles. The number of nitrogens with zero attached hydrogens (tertiary/aromatic N) is 3. The van der Waals surface area contributed by atoms with Crippen molar-refractivity contribution in [2.45, 2.75) is 25.6 Å². The van der Waals surface area contributed by atoms with Crippen LogP contribution < -0.4 is 10.1 Å². The summed E-state index contributed by atoms with van der Waals surface area (Å²) in [7, 11) is 1.68. The van der Waals surface area contributed by atoms with Crippen LogP contribution in [0.5, 0.6) is 5.75 Å². The minimum atomic E-state index is -0.0592. The molecule has 33 heavy (non-hydrogen) atoms. The van der Waals surface area contributed by atoms with E-state index < -0.39 is 0 Å². The number of aryl methyl sites for hydroxylation is 1. The summed E-state index contributed by atoms with van der Waals surface area (Å²) in [5.41, 5.74) is 5.67. The average Bonchev–Trinajstić information content (AvgIpc) is 3.45. The quantitative estimate of drug-likeness (QED) is 0.397. The van der Waals surface area contributed by atoms with Crippen LogP contribution in [-0.4, -0.2) is 26.7 Å². The summed E-state index contributed by atoms with van der Waals surface area (Å²) in [4.78, 5) is 6.92. The Morgan fingerprint density at radius 1 is 0.970 bits per heavy atom. The molecule has 0 amide bonds. The molecule has 1 aliphatic rings. The summed E-state index contributed by atoms with van der Waals surface area (Å²) >= 11 is 5.85. The lowest BCUT2D eigenvalue weighted by Gasteiger charge is -2.29. The Morgan fingerprint density at radius 3 is 2.45 bits per heavy atom. The van der Waals surface area contributed by atoms with Crippen LogP contribution in [0.2, 0.25) is 0 Å². The third kappa shape index (κ3) is 4.22. The highest BCUT2D eigenvalue weighted by Gasteiger charge is 2.41. The predicted octanol–water partition coefficient (Wildman–Crippen LogP) is 5.36. The molecule has 0 saturated carbocycles. The van der Waals surface area contributed by atoms with Gasteiger partial charge in [0.05, 0.1) is 24.9 Å². The van der Waals surface area contributed by atoms with Gasteiger partial charge >= 0.3 is 0 Å². The summed E-state index contributed by atoms with van der Waals surface area (Å²) in [5, 5.41) is 4.27. The van der Waals surface area contributed by atoms with Crippen LogP contribution in [0.25, 0.3) is 5.69 Å². The van der Waals surface area contributed by atoms with Crippen molar-refractivity contribution >= 4 is 17.3 Å². The maximum Gasteiger partial charge on any atom is 0.170 e. The number of ether oxygens (including phenoxy) is 1. The van der Waals surface area contributed by atoms with E-state index in [2.05, 4.69) is 87.5 Å².